The molecule has 2 heteroatoms. The molecule has 0 aromatic heterocycles. The quantitative estimate of drug-likeness (QED) is 0.274. The van der Waals surface area contributed by atoms with Crippen LogP contribution in [0.5, 0.6) is 0 Å². The monoisotopic (exact) mass is 336 g/mol. The van der Waals surface area contributed by atoms with Crippen molar-refractivity contribution < 1.29 is 9.53 Å². The van der Waals surface area contributed by atoms with Crippen LogP contribution in [0.4, 0.5) is 0 Å². The van der Waals surface area contributed by atoms with Gasteiger partial charge in [-0.15, -0.1) is 0 Å². The summed E-state index contributed by atoms with van der Waals surface area (Å²) in [5.74, 6) is -0.304. The average Bonchev–Trinajstić information content (AvgIpc) is 2.71. The molecule has 0 amide bonds. The van der Waals surface area contributed by atoms with Gasteiger partial charge in [0.25, 0.3) is 0 Å². The molecule has 26 heavy (non-hydrogen) atoms. The van der Waals surface area contributed by atoms with Crippen molar-refractivity contribution in [2.24, 2.45) is 0 Å². The second kappa shape index (κ2) is 5.57. The summed E-state index contributed by atoms with van der Waals surface area (Å²) in [5.41, 5.74) is 0.613. The number of hydrogen-bond acceptors (Lipinski definition) is 2. The third kappa shape index (κ3) is 2.02. The maximum absolute atomic E-state index is 12.6. The van der Waals surface area contributed by atoms with E-state index in [0.29, 0.717) is 5.56 Å². The molecule has 5 aromatic carbocycles. The van der Waals surface area contributed by atoms with Crippen LogP contribution in [-0.4, -0.2) is 13.1 Å². The Morgan fingerprint density at radius 2 is 1.23 bits per heavy atom. The van der Waals surface area contributed by atoms with E-state index in [1.54, 1.807) is 0 Å². The summed E-state index contributed by atoms with van der Waals surface area (Å²) in [5, 5.41) is 8.84. The predicted molar refractivity (Wildman–Crippen MR) is 108 cm³/mol. The Labute approximate surface area is 150 Å². The van der Waals surface area contributed by atoms with E-state index < -0.39 is 0 Å². The highest BCUT2D eigenvalue weighted by Gasteiger charge is 2.17. The van der Waals surface area contributed by atoms with Crippen LogP contribution in [0.15, 0.2) is 78.9 Å². The van der Waals surface area contributed by atoms with E-state index >= 15 is 0 Å². The van der Waals surface area contributed by atoms with Crippen molar-refractivity contribution in [3.63, 3.8) is 0 Å². The molecule has 0 unspecified atom stereocenters. The van der Waals surface area contributed by atoms with Crippen LogP contribution in [0.3, 0.4) is 0 Å². The summed E-state index contributed by atoms with van der Waals surface area (Å²) in [6.45, 7) is 0. The number of benzene rings is 5. The molecule has 0 radical (unpaired) electrons. The summed E-state index contributed by atoms with van der Waals surface area (Å²) in [4.78, 5) is 12.6. The molecule has 0 N–H and O–H groups in total. The van der Waals surface area contributed by atoms with E-state index in [4.69, 9.17) is 4.74 Å². The SMILES string of the molecule is COC(=O)c1cc2ccc3ccccc3c2c2ccc3ccccc3c12. The van der Waals surface area contributed by atoms with E-state index in [1.165, 1.54) is 23.3 Å². The first kappa shape index (κ1) is 14.9. The zero-order valence-corrected chi connectivity index (χ0v) is 14.3. The Morgan fingerprint density at radius 1 is 0.654 bits per heavy atom. The molecule has 0 fully saturated rings. The molecule has 0 aliphatic carbocycles. The highest BCUT2D eigenvalue weighted by atomic mass is 16.5. The molecule has 124 valence electrons. The fourth-order valence-electron chi connectivity index (χ4n) is 3.98. The lowest BCUT2D eigenvalue weighted by Crippen LogP contribution is -2.03. The third-order valence-corrected chi connectivity index (χ3v) is 5.13. The van der Waals surface area contributed by atoms with E-state index in [2.05, 4.69) is 60.7 Å². The minimum atomic E-state index is -0.304. The fourth-order valence-corrected chi connectivity index (χ4v) is 3.98. The predicted octanol–water partition coefficient (Wildman–Crippen LogP) is 6.09. The van der Waals surface area contributed by atoms with Crippen molar-refractivity contribution in [2.75, 3.05) is 7.11 Å². The van der Waals surface area contributed by atoms with E-state index in [-0.39, 0.29) is 5.97 Å². The molecule has 0 saturated heterocycles. The van der Waals surface area contributed by atoms with Crippen LogP contribution >= 0.6 is 0 Å². The number of esters is 1. The van der Waals surface area contributed by atoms with Gasteiger partial charge in [0.15, 0.2) is 0 Å². The Balaban J connectivity index is 2.12. The smallest absolute Gasteiger partial charge is 0.338 e. The lowest BCUT2D eigenvalue weighted by molar-refractivity contribution is 0.0603. The number of carbonyl (C=O) groups is 1. The Morgan fingerprint density at radius 3 is 1.92 bits per heavy atom. The lowest BCUT2D eigenvalue weighted by atomic mass is 9.90. The maximum Gasteiger partial charge on any atom is 0.338 e. The second-order valence-electron chi connectivity index (χ2n) is 6.51. The van der Waals surface area contributed by atoms with Gasteiger partial charge in [-0.3, -0.25) is 0 Å². The number of ether oxygens (including phenoxy) is 1. The summed E-state index contributed by atoms with van der Waals surface area (Å²) < 4.78 is 5.09. The van der Waals surface area contributed by atoms with Crippen LogP contribution in [0.2, 0.25) is 0 Å². The van der Waals surface area contributed by atoms with Gasteiger partial charge in [0, 0.05) is 5.39 Å². The topological polar surface area (TPSA) is 26.3 Å². The molecular formula is C24H16O2. The van der Waals surface area contributed by atoms with Crippen LogP contribution in [0.25, 0.3) is 43.1 Å². The maximum atomic E-state index is 12.6. The number of rotatable bonds is 1. The number of fused-ring (bicyclic) bond motifs is 7. The van der Waals surface area contributed by atoms with Gasteiger partial charge in [0.05, 0.1) is 12.7 Å². The molecular weight excluding hydrogens is 320 g/mol. The largest absolute Gasteiger partial charge is 0.465 e. The molecule has 0 saturated carbocycles. The minimum absolute atomic E-state index is 0.304. The van der Waals surface area contributed by atoms with Crippen molar-refractivity contribution in [1.29, 1.82) is 0 Å². The first-order valence-corrected chi connectivity index (χ1v) is 8.62. The van der Waals surface area contributed by atoms with Crippen molar-refractivity contribution >= 4 is 49.1 Å². The second-order valence-corrected chi connectivity index (χ2v) is 6.51. The number of methoxy groups -OCH3 is 1. The number of carbonyl (C=O) groups excluding carboxylic acids is 1. The summed E-state index contributed by atoms with van der Waals surface area (Å²) in [6, 6.07) is 26.9. The summed E-state index contributed by atoms with van der Waals surface area (Å²) >= 11 is 0. The third-order valence-electron chi connectivity index (χ3n) is 5.13. The van der Waals surface area contributed by atoms with Gasteiger partial charge in [-0.25, -0.2) is 4.79 Å². The molecule has 0 atom stereocenters. The zero-order chi connectivity index (χ0) is 17.7. The highest BCUT2D eigenvalue weighted by Crippen LogP contribution is 2.37. The van der Waals surface area contributed by atoms with Gasteiger partial charge in [0.2, 0.25) is 0 Å². The van der Waals surface area contributed by atoms with Crippen LogP contribution in [0.1, 0.15) is 10.4 Å². The molecule has 0 bridgehead atoms. The van der Waals surface area contributed by atoms with Gasteiger partial charge >= 0.3 is 5.97 Å². The molecule has 5 rings (SSSR count). The summed E-state index contributed by atoms with van der Waals surface area (Å²) in [6.07, 6.45) is 0. The van der Waals surface area contributed by atoms with E-state index in [9.17, 15) is 4.79 Å². The Hall–Kier alpha value is -3.39. The van der Waals surface area contributed by atoms with E-state index in [0.717, 1.165) is 26.9 Å². The fraction of sp³-hybridized carbons (Fsp3) is 0.0417. The molecule has 2 nitrogen and oxygen atoms in total. The molecule has 0 aliphatic rings. The molecule has 0 heterocycles. The first-order chi connectivity index (χ1) is 12.8. The standard InChI is InChI=1S/C24H16O2/c1-26-24(25)21-14-17-11-10-15-6-2-4-8-18(15)22(17)20-13-12-16-7-3-5-9-19(16)23(20)21/h2-14H,1H3. The van der Waals surface area contributed by atoms with Gasteiger partial charge in [0.1, 0.15) is 0 Å². The van der Waals surface area contributed by atoms with Gasteiger partial charge in [-0.2, -0.15) is 0 Å². The molecule has 0 spiro atoms. The van der Waals surface area contributed by atoms with Crippen molar-refractivity contribution in [3.8, 4) is 0 Å². The molecule has 5 aromatic rings. The van der Waals surface area contributed by atoms with Crippen molar-refractivity contribution in [1.82, 2.24) is 0 Å². The highest BCUT2D eigenvalue weighted by molar-refractivity contribution is 6.29. The normalized spacial score (nSPS) is 11.4. The zero-order valence-electron chi connectivity index (χ0n) is 14.3. The number of hydrogen-bond donors (Lipinski definition) is 0. The van der Waals surface area contributed by atoms with E-state index in [1.807, 2.05) is 18.2 Å². The van der Waals surface area contributed by atoms with Crippen LogP contribution < -0.4 is 0 Å². The van der Waals surface area contributed by atoms with Crippen LogP contribution in [-0.2, 0) is 4.74 Å². The van der Waals surface area contributed by atoms with Gasteiger partial charge in [-0.05, 0) is 43.8 Å². The summed E-state index contributed by atoms with van der Waals surface area (Å²) in [7, 11) is 1.43. The van der Waals surface area contributed by atoms with Crippen molar-refractivity contribution in [3.05, 3.63) is 84.4 Å². The minimum Gasteiger partial charge on any atom is -0.465 e. The Kier molecular flexibility index (Phi) is 3.19. The van der Waals surface area contributed by atoms with Gasteiger partial charge < -0.3 is 4.74 Å². The Bertz CT molecular complexity index is 1330. The van der Waals surface area contributed by atoms with Crippen molar-refractivity contribution in [2.45, 2.75) is 0 Å². The average molecular weight is 336 g/mol. The molecule has 0 aliphatic heterocycles. The lowest BCUT2D eigenvalue weighted by Gasteiger charge is -2.14. The van der Waals surface area contributed by atoms with Gasteiger partial charge in [-0.1, -0.05) is 72.8 Å². The van der Waals surface area contributed by atoms with Crippen LogP contribution in [0, 0.1) is 0 Å². The first-order valence-electron chi connectivity index (χ1n) is 8.62.